The van der Waals surface area contributed by atoms with Crippen molar-refractivity contribution in [3.05, 3.63) is 29.8 Å². The molecule has 1 rings (SSSR count). The molecule has 0 fully saturated rings. The Morgan fingerprint density at radius 3 is 2.57 bits per heavy atom. The molecule has 0 aromatic heterocycles. The number of nitrogens with one attached hydrogen (secondary N) is 1. The van der Waals surface area contributed by atoms with Crippen molar-refractivity contribution in [3.8, 4) is 0 Å². The molecule has 0 atom stereocenters. The molecule has 0 unspecified atom stereocenters. The molecule has 78 valence electrons. The van der Waals surface area contributed by atoms with Crippen LogP contribution >= 0.6 is 0 Å². The average molecular weight is 217 g/mol. The molecular weight excluding hydrogens is 205 g/mol. The zero-order valence-electron chi connectivity index (χ0n) is 7.83. The van der Waals surface area contributed by atoms with Crippen LogP contribution in [0.25, 0.3) is 0 Å². The van der Waals surface area contributed by atoms with Crippen LogP contribution in [0.1, 0.15) is 5.56 Å². The van der Waals surface area contributed by atoms with Crippen LogP contribution in [0.3, 0.4) is 0 Å². The molecule has 0 saturated heterocycles. The quantitative estimate of drug-likeness (QED) is 0.821. The first kappa shape index (κ1) is 11.1. The molecular formula is C9H12FNO2S. The summed E-state index contributed by atoms with van der Waals surface area (Å²) in [7, 11) is -2.05. The minimum absolute atomic E-state index is 0.0665. The smallest absolute Gasteiger partial charge is 0.207 e. The maximum absolute atomic E-state index is 12.3. The fourth-order valence-corrected chi connectivity index (χ4v) is 2.15. The van der Waals surface area contributed by atoms with Crippen molar-refractivity contribution in [2.45, 2.75) is 11.4 Å². The Morgan fingerprint density at radius 2 is 2.00 bits per heavy atom. The van der Waals surface area contributed by atoms with E-state index in [1.807, 2.05) is 0 Å². The lowest BCUT2D eigenvalue weighted by atomic mass is 10.2. The highest BCUT2D eigenvalue weighted by Crippen LogP contribution is 2.16. The minimum Gasteiger partial charge on any atom is -0.316 e. The number of alkyl halides is 1. The van der Waals surface area contributed by atoms with Crippen LogP contribution in [0.15, 0.2) is 29.2 Å². The standard InChI is InChI=1S/C9H12FNO2S/c1-11-6-8-4-2-3-5-9(8)14(12,13)7-10/h2-5,11H,6-7H2,1H3. The van der Waals surface area contributed by atoms with Gasteiger partial charge >= 0.3 is 0 Å². The topological polar surface area (TPSA) is 46.2 Å². The lowest BCUT2D eigenvalue weighted by Crippen LogP contribution is -2.11. The molecule has 0 radical (unpaired) electrons. The van der Waals surface area contributed by atoms with E-state index in [1.165, 1.54) is 6.07 Å². The summed E-state index contributed by atoms with van der Waals surface area (Å²) in [5, 5.41) is 2.83. The third-order valence-electron chi connectivity index (χ3n) is 1.82. The zero-order chi connectivity index (χ0) is 10.6. The number of sulfone groups is 1. The van der Waals surface area contributed by atoms with Crippen molar-refractivity contribution in [3.63, 3.8) is 0 Å². The largest absolute Gasteiger partial charge is 0.316 e. The van der Waals surface area contributed by atoms with Crippen LogP contribution < -0.4 is 5.32 Å². The Balaban J connectivity index is 3.20. The van der Waals surface area contributed by atoms with Crippen LogP contribution in [0.2, 0.25) is 0 Å². The molecule has 0 aliphatic carbocycles. The highest BCUT2D eigenvalue weighted by molar-refractivity contribution is 7.91. The van der Waals surface area contributed by atoms with Crippen LogP contribution in [0.4, 0.5) is 4.39 Å². The first-order valence-corrected chi connectivity index (χ1v) is 5.78. The molecule has 0 aliphatic heterocycles. The number of hydrogen-bond acceptors (Lipinski definition) is 3. The lowest BCUT2D eigenvalue weighted by molar-refractivity contribution is 0.533. The van der Waals surface area contributed by atoms with Crippen LogP contribution in [-0.4, -0.2) is 21.5 Å². The van der Waals surface area contributed by atoms with Gasteiger partial charge in [0.15, 0.2) is 6.01 Å². The fraction of sp³-hybridized carbons (Fsp3) is 0.333. The van der Waals surface area contributed by atoms with Crippen molar-refractivity contribution >= 4 is 9.84 Å². The van der Waals surface area contributed by atoms with Gasteiger partial charge in [-0.15, -0.1) is 0 Å². The Hall–Kier alpha value is -0.940. The Labute approximate surface area is 82.9 Å². The van der Waals surface area contributed by atoms with Crippen molar-refractivity contribution in [1.82, 2.24) is 5.32 Å². The Bertz CT molecular complexity index is 403. The van der Waals surface area contributed by atoms with Crippen molar-refractivity contribution in [2.75, 3.05) is 13.1 Å². The van der Waals surface area contributed by atoms with Gasteiger partial charge in [0.25, 0.3) is 0 Å². The Kier molecular flexibility index (Phi) is 3.60. The van der Waals surface area contributed by atoms with Gasteiger partial charge in [-0.2, -0.15) is 0 Å². The molecule has 3 nitrogen and oxygen atoms in total. The van der Waals surface area contributed by atoms with Gasteiger partial charge in [0, 0.05) is 6.54 Å². The molecule has 1 aromatic rings. The third kappa shape index (κ3) is 2.30. The normalized spacial score (nSPS) is 11.6. The van der Waals surface area contributed by atoms with Gasteiger partial charge in [-0.3, -0.25) is 0 Å². The SMILES string of the molecule is CNCc1ccccc1S(=O)(=O)CF. The number of benzene rings is 1. The average Bonchev–Trinajstić information content (AvgIpc) is 2.19. The van der Waals surface area contributed by atoms with E-state index in [1.54, 1.807) is 25.2 Å². The van der Waals surface area contributed by atoms with Crippen molar-refractivity contribution in [2.24, 2.45) is 0 Å². The number of hydrogen-bond donors (Lipinski definition) is 1. The van der Waals surface area contributed by atoms with E-state index in [0.29, 0.717) is 12.1 Å². The van der Waals surface area contributed by atoms with Gasteiger partial charge in [0.1, 0.15) is 0 Å². The third-order valence-corrected chi connectivity index (χ3v) is 3.17. The molecule has 0 heterocycles. The molecule has 1 aromatic carbocycles. The molecule has 0 amide bonds. The fourth-order valence-electron chi connectivity index (χ4n) is 1.20. The van der Waals surface area contributed by atoms with Crippen LogP contribution in [-0.2, 0) is 16.4 Å². The van der Waals surface area contributed by atoms with Crippen LogP contribution in [0, 0.1) is 0 Å². The van der Waals surface area contributed by atoms with Crippen molar-refractivity contribution in [1.29, 1.82) is 0 Å². The van der Waals surface area contributed by atoms with E-state index in [-0.39, 0.29) is 4.90 Å². The predicted octanol–water partition coefficient (Wildman–Crippen LogP) is 1.11. The zero-order valence-corrected chi connectivity index (χ0v) is 8.64. The maximum atomic E-state index is 12.3. The van der Waals surface area contributed by atoms with Gasteiger partial charge in [0.2, 0.25) is 9.84 Å². The predicted molar refractivity (Wildman–Crippen MR) is 52.4 cm³/mol. The van der Waals surface area contributed by atoms with Gasteiger partial charge in [-0.25, -0.2) is 12.8 Å². The molecule has 0 spiro atoms. The molecule has 5 heteroatoms. The second-order valence-corrected chi connectivity index (χ2v) is 4.75. The Morgan fingerprint density at radius 1 is 1.36 bits per heavy atom. The van der Waals surface area contributed by atoms with Crippen molar-refractivity contribution < 1.29 is 12.8 Å². The van der Waals surface area contributed by atoms with E-state index in [4.69, 9.17) is 0 Å². The van der Waals surface area contributed by atoms with E-state index in [2.05, 4.69) is 5.32 Å². The summed E-state index contributed by atoms with van der Waals surface area (Å²) in [6.07, 6.45) is 0. The second-order valence-electron chi connectivity index (χ2n) is 2.86. The maximum Gasteiger partial charge on any atom is 0.207 e. The van der Waals surface area contributed by atoms with E-state index >= 15 is 0 Å². The van der Waals surface area contributed by atoms with Gasteiger partial charge in [-0.1, -0.05) is 18.2 Å². The summed E-state index contributed by atoms with van der Waals surface area (Å²) in [5.41, 5.74) is 0.590. The molecule has 0 bridgehead atoms. The summed E-state index contributed by atoms with van der Waals surface area (Å²) >= 11 is 0. The van der Waals surface area contributed by atoms with E-state index < -0.39 is 15.8 Å². The van der Waals surface area contributed by atoms with Gasteiger partial charge in [0.05, 0.1) is 4.90 Å². The molecule has 0 aliphatic rings. The summed E-state index contributed by atoms with van der Waals surface area (Å²) in [6.45, 7) is 0.412. The van der Waals surface area contributed by atoms with E-state index in [0.717, 1.165) is 0 Å². The highest BCUT2D eigenvalue weighted by Gasteiger charge is 2.16. The summed E-state index contributed by atoms with van der Waals surface area (Å²) < 4.78 is 34.9. The monoisotopic (exact) mass is 217 g/mol. The number of rotatable bonds is 4. The summed E-state index contributed by atoms with van der Waals surface area (Å²) in [5.74, 6) is 0. The first-order chi connectivity index (χ1) is 6.61. The minimum atomic E-state index is -3.76. The molecule has 1 N–H and O–H groups in total. The first-order valence-electron chi connectivity index (χ1n) is 4.13. The lowest BCUT2D eigenvalue weighted by Gasteiger charge is -2.06. The molecule has 14 heavy (non-hydrogen) atoms. The summed E-state index contributed by atoms with van der Waals surface area (Å²) in [4.78, 5) is 0.0665. The van der Waals surface area contributed by atoms with E-state index in [9.17, 15) is 12.8 Å². The van der Waals surface area contributed by atoms with Gasteiger partial charge < -0.3 is 5.32 Å². The second kappa shape index (κ2) is 4.52. The summed E-state index contributed by atoms with van der Waals surface area (Å²) in [6, 6.07) is 5.04. The van der Waals surface area contributed by atoms with Crippen LogP contribution in [0.5, 0.6) is 0 Å². The molecule has 0 saturated carbocycles. The van der Waals surface area contributed by atoms with Gasteiger partial charge in [-0.05, 0) is 18.7 Å². The number of halogens is 1. The highest BCUT2D eigenvalue weighted by atomic mass is 32.2.